The summed E-state index contributed by atoms with van der Waals surface area (Å²) in [4.78, 5) is 24.2. The van der Waals surface area contributed by atoms with E-state index in [4.69, 9.17) is 0 Å². The summed E-state index contributed by atoms with van der Waals surface area (Å²) in [7, 11) is 0. The molecule has 0 bridgehead atoms. The maximum absolute atomic E-state index is 12.1. The van der Waals surface area contributed by atoms with Crippen molar-refractivity contribution in [3.8, 4) is 0 Å². The van der Waals surface area contributed by atoms with Gasteiger partial charge in [-0.25, -0.2) is 0 Å². The van der Waals surface area contributed by atoms with Crippen LogP contribution in [0.2, 0.25) is 0 Å². The third-order valence-electron chi connectivity index (χ3n) is 4.40. The van der Waals surface area contributed by atoms with Crippen molar-refractivity contribution in [1.29, 1.82) is 0 Å². The molecule has 0 saturated carbocycles. The number of anilines is 2. The Morgan fingerprint density at radius 1 is 0.926 bits per heavy atom. The molecule has 0 aliphatic rings. The Balaban J connectivity index is 1.81. The number of hydrogen-bond donors (Lipinski definition) is 3. The van der Waals surface area contributed by atoms with Crippen LogP contribution in [0, 0.1) is 19.8 Å². The predicted octanol–water partition coefficient (Wildman–Crippen LogP) is 4.13. The quantitative estimate of drug-likeness (QED) is 0.657. The monoisotopic (exact) mass is 367 g/mol. The molecule has 0 atom stereocenters. The predicted molar refractivity (Wildman–Crippen MR) is 111 cm³/mol. The number of aryl methyl sites for hydroxylation is 2. The first-order valence-corrected chi connectivity index (χ1v) is 9.34. The minimum absolute atomic E-state index is 0.0927. The van der Waals surface area contributed by atoms with E-state index in [1.165, 1.54) is 11.1 Å². The summed E-state index contributed by atoms with van der Waals surface area (Å²) in [6, 6.07) is 12.9. The summed E-state index contributed by atoms with van der Waals surface area (Å²) in [6.45, 7) is 9.19. The van der Waals surface area contributed by atoms with E-state index in [0.717, 1.165) is 12.1 Å². The van der Waals surface area contributed by atoms with Gasteiger partial charge in [0.2, 0.25) is 5.91 Å². The van der Waals surface area contributed by atoms with Crippen LogP contribution >= 0.6 is 0 Å². The maximum Gasteiger partial charge on any atom is 0.251 e. The summed E-state index contributed by atoms with van der Waals surface area (Å²) in [5, 5.41) is 8.85. The summed E-state index contributed by atoms with van der Waals surface area (Å²) in [5.74, 6) is 0.326. The molecule has 0 aliphatic carbocycles. The lowest BCUT2D eigenvalue weighted by atomic mass is 10.1. The van der Waals surface area contributed by atoms with E-state index in [1.54, 1.807) is 24.3 Å². The van der Waals surface area contributed by atoms with E-state index >= 15 is 0 Å². The topological polar surface area (TPSA) is 70.2 Å². The van der Waals surface area contributed by atoms with Crippen LogP contribution in [0.3, 0.4) is 0 Å². The number of hydrogen-bond acceptors (Lipinski definition) is 3. The van der Waals surface area contributed by atoms with E-state index in [2.05, 4.69) is 36.7 Å². The van der Waals surface area contributed by atoms with E-state index in [-0.39, 0.29) is 18.4 Å². The number of rotatable bonds is 8. The molecule has 2 aromatic carbocycles. The lowest BCUT2D eigenvalue weighted by molar-refractivity contribution is -0.114. The van der Waals surface area contributed by atoms with Crippen molar-refractivity contribution >= 4 is 23.2 Å². The Kier molecular flexibility index (Phi) is 7.41. The van der Waals surface area contributed by atoms with Crippen molar-refractivity contribution in [2.45, 2.75) is 34.1 Å². The molecule has 27 heavy (non-hydrogen) atoms. The van der Waals surface area contributed by atoms with Gasteiger partial charge in [-0.15, -0.1) is 0 Å². The zero-order valence-electron chi connectivity index (χ0n) is 16.6. The van der Waals surface area contributed by atoms with Crippen molar-refractivity contribution < 1.29 is 9.59 Å². The molecule has 0 fully saturated rings. The molecule has 0 aliphatic heterocycles. The molecule has 0 radical (unpaired) electrons. The van der Waals surface area contributed by atoms with Crippen molar-refractivity contribution in [3.05, 3.63) is 59.2 Å². The first kappa shape index (κ1) is 20.5. The smallest absolute Gasteiger partial charge is 0.251 e. The van der Waals surface area contributed by atoms with Gasteiger partial charge in [0.25, 0.3) is 5.91 Å². The summed E-state index contributed by atoms with van der Waals surface area (Å²) in [5.41, 5.74) is 4.58. The molecule has 3 N–H and O–H groups in total. The zero-order valence-corrected chi connectivity index (χ0v) is 16.6. The van der Waals surface area contributed by atoms with Crippen molar-refractivity contribution in [1.82, 2.24) is 5.32 Å². The normalized spacial score (nSPS) is 10.6. The SMILES string of the molecule is Cc1ccc(NCC(=O)Nc2ccc(C(=O)NCCC(C)C)cc2)cc1C. The van der Waals surface area contributed by atoms with Gasteiger partial charge >= 0.3 is 0 Å². The molecule has 0 spiro atoms. The third-order valence-corrected chi connectivity index (χ3v) is 4.40. The Bertz CT molecular complexity index is 783. The van der Waals surface area contributed by atoms with Crippen molar-refractivity contribution in [2.24, 2.45) is 5.92 Å². The molecular weight excluding hydrogens is 338 g/mol. The number of amides is 2. The summed E-state index contributed by atoms with van der Waals surface area (Å²) < 4.78 is 0. The van der Waals surface area contributed by atoms with Crippen LogP contribution in [0.5, 0.6) is 0 Å². The van der Waals surface area contributed by atoms with Crippen molar-refractivity contribution in [3.63, 3.8) is 0 Å². The van der Waals surface area contributed by atoms with Crippen LogP contribution in [0.25, 0.3) is 0 Å². The fourth-order valence-corrected chi connectivity index (χ4v) is 2.52. The number of benzene rings is 2. The van der Waals surface area contributed by atoms with Crippen LogP contribution in [0.1, 0.15) is 41.8 Å². The molecule has 5 nitrogen and oxygen atoms in total. The molecule has 2 aromatic rings. The number of nitrogens with one attached hydrogen (secondary N) is 3. The fraction of sp³-hybridized carbons (Fsp3) is 0.364. The van der Waals surface area contributed by atoms with Gasteiger partial charge < -0.3 is 16.0 Å². The van der Waals surface area contributed by atoms with Crippen molar-refractivity contribution in [2.75, 3.05) is 23.7 Å². The Labute approximate surface area is 161 Å². The van der Waals surface area contributed by atoms with Gasteiger partial charge in [0, 0.05) is 23.5 Å². The molecule has 2 amide bonds. The van der Waals surface area contributed by atoms with Gasteiger partial charge in [-0.2, -0.15) is 0 Å². The second-order valence-electron chi connectivity index (χ2n) is 7.22. The molecular formula is C22H29N3O2. The molecule has 2 rings (SSSR count). The van der Waals surface area contributed by atoms with Crippen LogP contribution < -0.4 is 16.0 Å². The number of carbonyl (C=O) groups excluding carboxylic acids is 2. The van der Waals surface area contributed by atoms with Gasteiger partial charge in [0.1, 0.15) is 0 Å². The Morgan fingerprint density at radius 3 is 2.22 bits per heavy atom. The molecule has 144 valence electrons. The highest BCUT2D eigenvalue weighted by Gasteiger charge is 2.07. The van der Waals surface area contributed by atoms with E-state index in [1.807, 2.05) is 25.1 Å². The molecule has 0 aromatic heterocycles. The highest BCUT2D eigenvalue weighted by Crippen LogP contribution is 2.14. The third kappa shape index (κ3) is 6.77. The fourth-order valence-electron chi connectivity index (χ4n) is 2.52. The highest BCUT2D eigenvalue weighted by molar-refractivity contribution is 5.96. The van der Waals surface area contributed by atoms with Crippen LogP contribution in [-0.2, 0) is 4.79 Å². The molecule has 0 heterocycles. The maximum atomic E-state index is 12.1. The van der Waals surface area contributed by atoms with Gasteiger partial charge in [0.15, 0.2) is 0 Å². The van der Waals surface area contributed by atoms with Gasteiger partial charge in [0.05, 0.1) is 6.54 Å². The van der Waals surface area contributed by atoms with Gasteiger partial charge in [-0.05, 0) is 73.7 Å². The van der Waals surface area contributed by atoms with E-state index in [9.17, 15) is 9.59 Å². The Hall–Kier alpha value is -2.82. The first-order valence-electron chi connectivity index (χ1n) is 9.34. The van der Waals surface area contributed by atoms with Crippen LogP contribution in [0.4, 0.5) is 11.4 Å². The average molecular weight is 367 g/mol. The Morgan fingerprint density at radius 2 is 1.59 bits per heavy atom. The minimum Gasteiger partial charge on any atom is -0.376 e. The summed E-state index contributed by atoms with van der Waals surface area (Å²) >= 11 is 0. The first-order chi connectivity index (χ1) is 12.8. The largest absolute Gasteiger partial charge is 0.376 e. The van der Waals surface area contributed by atoms with Gasteiger partial charge in [-0.1, -0.05) is 19.9 Å². The zero-order chi connectivity index (χ0) is 19.8. The average Bonchev–Trinajstić information content (AvgIpc) is 2.63. The van der Waals surface area contributed by atoms with E-state index < -0.39 is 0 Å². The molecule has 0 saturated heterocycles. The lowest BCUT2D eigenvalue weighted by Gasteiger charge is -2.10. The second-order valence-corrected chi connectivity index (χ2v) is 7.22. The lowest BCUT2D eigenvalue weighted by Crippen LogP contribution is -2.25. The van der Waals surface area contributed by atoms with Crippen LogP contribution in [0.15, 0.2) is 42.5 Å². The van der Waals surface area contributed by atoms with Crippen LogP contribution in [-0.4, -0.2) is 24.9 Å². The standard InChI is InChI=1S/C22H29N3O2/c1-15(2)11-12-23-22(27)18-6-9-19(10-7-18)25-21(26)14-24-20-8-5-16(3)17(4)13-20/h5-10,13,15,24H,11-12,14H2,1-4H3,(H,23,27)(H,25,26). The summed E-state index contributed by atoms with van der Waals surface area (Å²) in [6.07, 6.45) is 0.952. The second kappa shape index (κ2) is 9.76. The highest BCUT2D eigenvalue weighted by atomic mass is 16.2. The minimum atomic E-state index is -0.137. The molecule has 0 unspecified atom stereocenters. The number of carbonyl (C=O) groups is 2. The molecule has 5 heteroatoms. The van der Waals surface area contributed by atoms with Gasteiger partial charge in [-0.3, -0.25) is 9.59 Å². The van der Waals surface area contributed by atoms with E-state index in [0.29, 0.717) is 23.7 Å².